The monoisotopic (exact) mass is 497 g/mol. The second-order valence-electron chi connectivity index (χ2n) is 8.06. The number of methoxy groups -OCH3 is 1. The number of rotatable bonds is 7. The lowest BCUT2D eigenvalue weighted by molar-refractivity contribution is 0.0957. The minimum atomic E-state index is -0.752. The Labute approximate surface area is 206 Å². The highest BCUT2D eigenvalue weighted by molar-refractivity contribution is 6.07. The second-order valence-corrected chi connectivity index (χ2v) is 8.06. The average Bonchev–Trinajstić information content (AvgIpc) is 2.90. The van der Waals surface area contributed by atoms with E-state index in [1.807, 2.05) is 4.90 Å². The third-order valence-electron chi connectivity index (χ3n) is 5.77. The van der Waals surface area contributed by atoms with Gasteiger partial charge in [-0.15, -0.1) is 0 Å². The van der Waals surface area contributed by atoms with Crippen LogP contribution >= 0.6 is 0 Å². The summed E-state index contributed by atoms with van der Waals surface area (Å²) >= 11 is 0. The van der Waals surface area contributed by atoms with Crippen molar-refractivity contribution < 1.29 is 27.8 Å². The molecule has 3 aromatic rings. The molecule has 9 nitrogen and oxygen atoms in total. The fourth-order valence-corrected chi connectivity index (χ4v) is 3.94. The highest BCUT2D eigenvalue weighted by atomic mass is 19.1. The van der Waals surface area contributed by atoms with Crippen LogP contribution in [0.2, 0.25) is 0 Å². The van der Waals surface area contributed by atoms with Crippen molar-refractivity contribution in [2.45, 2.75) is 18.9 Å². The van der Waals surface area contributed by atoms with Crippen LogP contribution < -0.4 is 25.0 Å². The van der Waals surface area contributed by atoms with Gasteiger partial charge in [0.1, 0.15) is 23.2 Å². The Morgan fingerprint density at radius 3 is 2.56 bits per heavy atom. The molecule has 2 N–H and O–H groups in total. The first kappa shape index (κ1) is 24.8. The molecule has 1 fully saturated rings. The smallest absolute Gasteiger partial charge is 0.269 e. The molecule has 0 atom stereocenters. The summed E-state index contributed by atoms with van der Waals surface area (Å²) in [7, 11) is 2.93. The van der Waals surface area contributed by atoms with Crippen molar-refractivity contribution in [1.29, 1.82) is 0 Å². The minimum absolute atomic E-state index is 0.000894. The molecule has 1 aromatic carbocycles. The molecule has 0 bridgehead atoms. The first-order valence-corrected chi connectivity index (χ1v) is 11.3. The van der Waals surface area contributed by atoms with Gasteiger partial charge in [-0.25, -0.2) is 18.7 Å². The molecule has 36 heavy (non-hydrogen) atoms. The third kappa shape index (κ3) is 5.51. The summed E-state index contributed by atoms with van der Waals surface area (Å²) in [5.74, 6) is -2.05. The number of piperidine rings is 1. The molecule has 0 aliphatic carbocycles. The Balaban J connectivity index is 1.53. The molecule has 0 saturated carbocycles. The van der Waals surface area contributed by atoms with E-state index in [0.717, 1.165) is 12.1 Å². The zero-order valence-corrected chi connectivity index (χ0v) is 19.8. The van der Waals surface area contributed by atoms with E-state index in [1.54, 1.807) is 18.2 Å². The van der Waals surface area contributed by atoms with Crippen molar-refractivity contribution in [2.75, 3.05) is 37.5 Å². The van der Waals surface area contributed by atoms with E-state index in [9.17, 15) is 18.4 Å². The third-order valence-corrected chi connectivity index (χ3v) is 5.77. The number of ether oxygens (including phenoxy) is 2. The largest absolute Gasteiger partial charge is 0.487 e. The van der Waals surface area contributed by atoms with Crippen LogP contribution in [0.3, 0.4) is 0 Å². The predicted octanol–water partition coefficient (Wildman–Crippen LogP) is 3.42. The summed E-state index contributed by atoms with van der Waals surface area (Å²) in [6, 6.07) is 8.03. The van der Waals surface area contributed by atoms with Crippen LogP contribution in [0, 0.1) is 11.6 Å². The first-order chi connectivity index (χ1) is 17.4. The zero-order valence-electron chi connectivity index (χ0n) is 19.8. The molecule has 0 spiro atoms. The number of carbonyl (C=O) groups excluding carboxylic acids is 2. The Morgan fingerprint density at radius 2 is 1.86 bits per heavy atom. The molecule has 11 heteroatoms. The normalized spacial score (nSPS) is 13.7. The molecular weight excluding hydrogens is 472 g/mol. The maximum Gasteiger partial charge on any atom is 0.269 e. The number of anilines is 2. The highest BCUT2D eigenvalue weighted by Crippen LogP contribution is 2.31. The SMILES string of the molecule is CNC(=O)c1cc(N2CCC(Oc3ccc(F)cc3F)CC2)c(NC(=O)c2cccnc2OC)cn1. The van der Waals surface area contributed by atoms with Gasteiger partial charge in [0, 0.05) is 45.2 Å². The van der Waals surface area contributed by atoms with Crippen molar-refractivity contribution >= 4 is 23.2 Å². The van der Waals surface area contributed by atoms with Gasteiger partial charge < -0.3 is 25.0 Å². The van der Waals surface area contributed by atoms with Crippen molar-refractivity contribution in [3.05, 3.63) is 71.7 Å². The standard InChI is InChI=1S/C25H25F2N5O4/c1-28-24(34)19-13-21(20(14-30-19)31-23(33)17-4-3-9-29-25(17)35-2)32-10-7-16(8-11-32)36-22-6-5-15(26)12-18(22)27/h3-6,9,12-14,16H,7-8,10-11H2,1-2H3,(H,28,34)(H,31,33). The van der Waals surface area contributed by atoms with E-state index < -0.39 is 17.5 Å². The number of pyridine rings is 2. The van der Waals surface area contributed by atoms with Gasteiger partial charge in [-0.05, 0) is 30.3 Å². The lowest BCUT2D eigenvalue weighted by atomic mass is 10.1. The molecule has 4 rings (SSSR count). The van der Waals surface area contributed by atoms with Crippen LogP contribution in [-0.4, -0.2) is 55.1 Å². The lowest BCUT2D eigenvalue weighted by Crippen LogP contribution is -2.39. The summed E-state index contributed by atoms with van der Waals surface area (Å²) in [6.07, 6.45) is 3.75. The topological polar surface area (TPSA) is 106 Å². The summed E-state index contributed by atoms with van der Waals surface area (Å²) < 4.78 is 38.1. The van der Waals surface area contributed by atoms with Crippen molar-refractivity contribution in [3.8, 4) is 11.6 Å². The predicted molar refractivity (Wildman–Crippen MR) is 129 cm³/mol. The van der Waals surface area contributed by atoms with Gasteiger partial charge in [0.15, 0.2) is 11.6 Å². The van der Waals surface area contributed by atoms with Gasteiger partial charge in [0.05, 0.1) is 24.7 Å². The number of hydrogen-bond donors (Lipinski definition) is 2. The molecule has 188 valence electrons. The number of amides is 2. The highest BCUT2D eigenvalue weighted by Gasteiger charge is 2.25. The molecule has 2 aromatic heterocycles. The Kier molecular flexibility index (Phi) is 7.57. The lowest BCUT2D eigenvalue weighted by Gasteiger charge is -2.34. The number of aromatic nitrogens is 2. The number of benzene rings is 1. The van der Waals surface area contributed by atoms with E-state index in [4.69, 9.17) is 9.47 Å². The maximum atomic E-state index is 14.0. The second kappa shape index (κ2) is 11.0. The van der Waals surface area contributed by atoms with E-state index in [2.05, 4.69) is 20.6 Å². The first-order valence-electron chi connectivity index (χ1n) is 11.3. The van der Waals surface area contributed by atoms with E-state index >= 15 is 0 Å². The van der Waals surface area contributed by atoms with Crippen molar-refractivity contribution in [1.82, 2.24) is 15.3 Å². The summed E-state index contributed by atoms with van der Waals surface area (Å²) in [4.78, 5) is 35.4. The number of halogens is 2. The van der Waals surface area contributed by atoms with Crippen LogP contribution in [0.25, 0.3) is 0 Å². The molecule has 0 radical (unpaired) electrons. The van der Waals surface area contributed by atoms with Crippen LogP contribution in [0.1, 0.15) is 33.7 Å². The molecule has 1 saturated heterocycles. The average molecular weight is 498 g/mol. The van der Waals surface area contributed by atoms with Crippen molar-refractivity contribution in [2.24, 2.45) is 0 Å². The summed E-state index contributed by atoms with van der Waals surface area (Å²) in [5, 5.41) is 5.38. The van der Waals surface area contributed by atoms with Gasteiger partial charge in [0.25, 0.3) is 11.8 Å². The van der Waals surface area contributed by atoms with E-state index in [0.29, 0.717) is 37.3 Å². The van der Waals surface area contributed by atoms with Crippen LogP contribution in [0.5, 0.6) is 11.6 Å². The van der Waals surface area contributed by atoms with Gasteiger partial charge >= 0.3 is 0 Å². The Bertz CT molecular complexity index is 1260. The van der Waals surface area contributed by atoms with Gasteiger partial charge in [-0.2, -0.15) is 0 Å². The van der Waals surface area contributed by atoms with Crippen LogP contribution in [-0.2, 0) is 0 Å². The quantitative estimate of drug-likeness (QED) is 0.515. The number of nitrogens with one attached hydrogen (secondary N) is 2. The zero-order chi connectivity index (χ0) is 25.7. The maximum absolute atomic E-state index is 14.0. The minimum Gasteiger partial charge on any atom is -0.487 e. The number of hydrogen-bond acceptors (Lipinski definition) is 7. The fraction of sp³-hybridized carbons (Fsp3) is 0.280. The molecule has 0 unspecified atom stereocenters. The number of nitrogens with zero attached hydrogens (tertiary/aromatic N) is 3. The number of carbonyl (C=O) groups is 2. The molecule has 3 heterocycles. The van der Waals surface area contributed by atoms with Gasteiger partial charge in [-0.1, -0.05) is 0 Å². The molecule has 1 aliphatic heterocycles. The van der Waals surface area contributed by atoms with Gasteiger partial charge in [0.2, 0.25) is 5.88 Å². The Hall–Kier alpha value is -4.28. The summed E-state index contributed by atoms with van der Waals surface area (Å²) in [5.41, 5.74) is 1.44. The van der Waals surface area contributed by atoms with E-state index in [1.165, 1.54) is 32.6 Å². The molecule has 1 aliphatic rings. The Morgan fingerprint density at radius 1 is 1.08 bits per heavy atom. The van der Waals surface area contributed by atoms with E-state index in [-0.39, 0.29) is 34.9 Å². The van der Waals surface area contributed by atoms with Crippen LogP contribution in [0.15, 0.2) is 48.8 Å². The van der Waals surface area contributed by atoms with Gasteiger partial charge in [-0.3, -0.25) is 9.59 Å². The summed E-state index contributed by atoms with van der Waals surface area (Å²) in [6.45, 7) is 1.01. The fourth-order valence-electron chi connectivity index (χ4n) is 3.94. The van der Waals surface area contributed by atoms with Crippen LogP contribution in [0.4, 0.5) is 20.2 Å². The van der Waals surface area contributed by atoms with Crippen molar-refractivity contribution in [3.63, 3.8) is 0 Å². The molecular formula is C25H25F2N5O4. The molecule has 2 amide bonds.